The van der Waals surface area contributed by atoms with Gasteiger partial charge in [-0.3, -0.25) is 9.69 Å². The highest BCUT2D eigenvalue weighted by Gasteiger charge is 2.33. The van der Waals surface area contributed by atoms with Gasteiger partial charge in [0.05, 0.1) is 18.3 Å². The zero-order valence-corrected chi connectivity index (χ0v) is 17.9. The highest BCUT2D eigenvalue weighted by molar-refractivity contribution is 6.04. The molecule has 1 unspecified atom stereocenters. The van der Waals surface area contributed by atoms with Crippen molar-refractivity contribution in [3.63, 3.8) is 0 Å². The molecule has 4 nitrogen and oxygen atoms in total. The quantitative estimate of drug-likeness (QED) is 0.762. The molecule has 1 amide bonds. The molecule has 1 heterocycles. The van der Waals surface area contributed by atoms with Crippen molar-refractivity contribution >= 4 is 11.6 Å². The standard InChI is InChI=1S/C24H31N3O/c1-16(2)26(6)15-24(28)27-23(20-10-7-17(3)8-11-20)14-22(25-27)21-12-9-18(4)13-19(21)5/h7-13,16,23H,14-15H2,1-6H3. The number of likely N-dealkylation sites (N-methyl/N-ethyl adjacent to an activating group) is 1. The van der Waals surface area contributed by atoms with Gasteiger partial charge in [0.25, 0.3) is 5.91 Å². The molecule has 28 heavy (non-hydrogen) atoms. The van der Waals surface area contributed by atoms with Crippen molar-refractivity contribution < 1.29 is 4.79 Å². The molecule has 148 valence electrons. The van der Waals surface area contributed by atoms with E-state index in [0.29, 0.717) is 12.6 Å². The third-order valence-corrected chi connectivity index (χ3v) is 5.59. The molecule has 3 rings (SSSR count). The van der Waals surface area contributed by atoms with Crippen molar-refractivity contribution in [2.45, 2.75) is 53.1 Å². The van der Waals surface area contributed by atoms with E-state index >= 15 is 0 Å². The lowest BCUT2D eigenvalue weighted by molar-refractivity contribution is -0.134. The average Bonchev–Trinajstić information content (AvgIpc) is 3.07. The fourth-order valence-corrected chi connectivity index (χ4v) is 3.56. The SMILES string of the molecule is Cc1ccc(C2CC(c3ccc(C)cc3C)=NN2C(=O)CN(C)C(C)C)cc1. The summed E-state index contributed by atoms with van der Waals surface area (Å²) >= 11 is 0. The van der Waals surface area contributed by atoms with E-state index in [1.165, 1.54) is 16.7 Å². The molecule has 1 atom stereocenters. The van der Waals surface area contributed by atoms with Crippen LogP contribution in [0.3, 0.4) is 0 Å². The number of rotatable bonds is 5. The Morgan fingerprint density at radius 2 is 1.75 bits per heavy atom. The first-order valence-electron chi connectivity index (χ1n) is 10.00. The Kier molecular flexibility index (Phi) is 5.99. The van der Waals surface area contributed by atoms with Crippen LogP contribution >= 0.6 is 0 Å². The summed E-state index contributed by atoms with van der Waals surface area (Å²) in [5, 5.41) is 6.52. The number of hydrogen-bond donors (Lipinski definition) is 0. The van der Waals surface area contributed by atoms with Crippen LogP contribution in [0.2, 0.25) is 0 Å². The summed E-state index contributed by atoms with van der Waals surface area (Å²) in [5.74, 6) is 0.0431. The maximum atomic E-state index is 13.1. The summed E-state index contributed by atoms with van der Waals surface area (Å²) in [6, 6.07) is 15.1. The van der Waals surface area contributed by atoms with Gasteiger partial charge in [-0.25, -0.2) is 5.01 Å². The molecule has 0 saturated heterocycles. The van der Waals surface area contributed by atoms with Crippen molar-refractivity contribution in [3.05, 3.63) is 70.3 Å². The molecule has 4 heteroatoms. The Hall–Kier alpha value is -2.46. The lowest BCUT2D eigenvalue weighted by atomic mass is 9.95. The van der Waals surface area contributed by atoms with E-state index < -0.39 is 0 Å². The molecular formula is C24H31N3O. The predicted molar refractivity (Wildman–Crippen MR) is 116 cm³/mol. The van der Waals surface area contributed by atoms with Gasteiger partial charge in [-0.05, 0) is 52.8 Å². The number of carbonyl (C=O) groups is 1. The average molecular weight is 378 g/mol. The lowest BCUT2D eigenvalue weighted by Crippen LogP contribution is -2.39. The van der Waals surface area contributed by atoms with Gasteiger partial charge in [-0.15, -0.1) is 0 Å². The van der Waals surface area contributed by atoms with Crippen molar-refractivity contribution in [3.8, 4) is 0 Å². The molecule has 0 aromatic heterocycles. The Labute approximate surface area is 168 Å². The van der Waals surface area contributed by atoms with Crippen LogP contribution in [-0.4, -0.2) is 41.2 Å². The maximum absolute atomic E-state index is 13.1. The van der Waals surface area contributed by atoms with E-state index in [-0.39, 0.29) is 11.9 Å². The Bertz CT molecular complexity index is 883. The van der Waals surface area contributed by atoms with Crippen LogP contribution in [-0.2, 0) is 4.79 Å². The lowest BCUT2D eigenvalue weighted by Gasteiger charge is -2.26. The summed E-state index contributed by atoms with van der Waals surface area (Å²) in [4.78, 5) is 15.2. The summed E-state index contributed by atoms with van der Waals surface area (Å²) < 4.78 is 0. The van der Waals surface area contributed by atoms with E-state index in [0.717, 1.165) is 23.3 Å². The first kappa shape index (κ1) is 20.3. The molecule has 2 aromatic carbocycles. The highest BCUT2D eigenvalue weighted by Crippen LogP contribution is 2.34. The van der Waals surface area contributed by atoms with E-state index in [1.54, 1.807) is 5.01 Å². The van der Waals surface area contributed by atoms with E-state index in [4.69, 9.17) is 5.10 Å². The van der Waals surface area contributed by atoms with Crippen LogP contribution < -0.4 is 0 Å². The Morgan fingerprint density at radius 3 is 2.36 bits per heavy atom. The van der Waals surface area contributed by atoms with E-state index in [2.05, 4.69) is 82.0 Å². The van der Waals surface area contributed by atoms with Crippen LogP contribution in [0, 0.1) is 20.8 Å². The van der Waals surface area contributed by atoms with Crippen LogP contribution in [0.15, 0.2) is 47.6 Å². The molecule has 0 N–H and O–H groups in total. The van der Waals surface area contributed by atoms with Crippen molar-refractivity contribution in [1.82, 2.24) is 9.91 Å². The Morgan fingerprint density at radius 1 is 1.11 bits per heavy atom. The van der Waals surface area contributed by atoms with Crippen LogP contribution in [0.4, 0.5) is 0 Å². The predicted octanol–water partition coefficient (Wildman–Crippen LogP) is 4.63. The number of aryl methyl sites for hydroxylation is 3. The molecule has 0 aliphatic carbocycles. The first-order chi connectivity index (χ1) is 13.3. The molecule has 0 spiro atoms. The second kappa shape index (κ2) is 8.27. The minimum absolute atomic E-state index is 0.0431. The zero-order chi connectivity index (χ0) is 20.4. The van der Waals surface area contributed by atoms with Gasteiger partial charge in [-0.1, -0.05) is 53.6 Å². The van der Waals surface area contributed by atoms with Crippen LogP contribution in [0.25, 0.3) is 0 Å². The molecular weight excluding hydrogens is 346 g/mol. The molecule has 0 radical (unpaired) electrons. The normalized spacial score (nSPS) is 16.8. The molecule has 0 fully saturated rings. The van der Waals surface area contributed by atoms with Crippen molar-refractivity contribution in [2.24, 2.45) is 5.10 Å². The minimum Gasteiger partial charge on any atom is -0.295 e. The third kappa shape index (κ3) is 4.33. The molecule has 2 aromatic rings. The monoisotopic (exact) mass is 377 g/mol. The summed E-state index contributed by atoms with van der Waals surface area (Å²) in [6.07, 6.45) is 0.740. The molecule has 1 aliphatic rings. The van der Waals surface area contributed by atoms with Gasteiger partial charge in [-0.2, -0.15) is 5.10 Å². The fourth-order valence-electron chi connectivity index (χ4n) is 3.56. The van der Waals surface area contributed by atoms with E-state index in [1.807, 2.05) is 7.05 Å². The number of hydrazone groups is 1. The van der Waals surface area contributed by atoms with Crippen LogP contribution in [0.5, 0.6) is 0 Å². The van der Waals surface area contributed by atoms with Crippen LogP contribution in [0.1, 0.15) is 54.1 Å². The maximum Gasteiger partial charge on any atom is 0.257 e. The zero-order valence-electron chi connectivity index (χ0n) is 17.9. The number of benzene rings is 2. The highest BCUT2D eigenvalue weighted by atomic mass is 16.2. The van der Waals surface area contributed by atoms with Gasteiger partial charge < -0.3 is 0 Å². The van der Waals surface area contributed by atoms with Gasteiger partial charge >= 0.3 is 0 Å². The van der Waals surface area contributed by atoms with E-state index in [9.17, 15) is 4.79 Å². The van der Waals surface area contributed by atoms with Crippen molar-refractivity contribution in [1.29, 1.82) is 0 Å². The molecule has 1 aliphatic heterocycles. The van der Waals surface area contributed by atoms with Crippen molar-refractivity contribution in [2.75, 3.05) is 13.6 Å². The smallest absolute Gasteiger partial charge is 0.257 e. The van der Waals surface area contributed by atoms with Gasteiger partial charge in [0.1, 0.15) is 0 Å². The number of carbonyl (C=O) groups excluding carboxylic acids is 1. The fraction of sp³-hybridized carbons (Fsp3) is 0.417. The first-order valence-corrected chi connectivity index (χ1v) is 10.00. The second-order valence-corrected chi connectivity index (χ2v) is 8.24. The summed E-state index contributed by atoms with van der Waals surface area (Å²) in [5.41, 5.74) is 6.92. The van der Waals surface area contributed by atoms with Gasteiger partial charge in [0.15, 0.2) is 0 Å². The summed E-state index contributed by atoms with van der Waals surface area (Å²) in [6.45, 7) is 10.8. The topological polar surface area (TPSA) is 35.9 Å². The number of nitrogens with zero attached hydrogens (tertiary/aromatic N) is 3. The second-order valence-electron chi connectivity index (χ2n) is 8.24. The third-order valence-electron chi connectivity index (χ3n) is 5.59. The minimum atomic E-state index is -0.0515. The van der Waals surface area contributed by atoms with Gasteiger partial charge in [0.2, 0.25) is 0 Å². The molecule has 0 saturated carbocycles. The number of amides is 1. The van der Waals surface area contributed by atoms with Gasteiger partial charge in [0, 0.05) is 18.0 Å². The summed E-state index contributed by atoms with van der Waals surface area (Å²) in [7, 11) is 1.98. The number of hydrogen-bond acceptors (Lipinski definition) is 3. The largest absolute Gasteiger partial charge is 0.295 e. The Balaban J connectivity index is 1.95. The molecule has 0 bridgehead atoms.